The van der Waals surface area contributed by atoms with Gasteiger partial charge in [-0.2, -0.15) is 13.2 Å². The van der Waals surface area contributed by atoms with Gasteiger partial charge in [0.2, 0.25) is 9.84 Å². The van der Waals surface area contributed by atoms with Crippen LogP contribution in [0, 0.1) is 0 Å². The number of anilines is 1. The second kappa shape index (κ2) is 7.49. The Bertz CT molecular complexity index is 1230. The number of halogens is 3. The van der Waals surface area contributed by atoms with Crippen molar-refractivity contribution in [1.29, 1.82) is 0 Å². The number of hydrogen-bond acceptors (Lipinski definition) is 5. The lowest BCUT2D eigenvalue weighted by Gasteiger charge is -2.37. The highest BCUT2D eigenvalue weighted by molar-refractivity contribution is 7.91. The molecule has 5 nitrogen and oxygen atoms in total. The number of piperidine rings is 1. The van der Waals surface area contributed by atoms with Crippen LogP contribution in [0.1, 0.15) is 25.3 Å². The van der Waals surface area contributed by atoms with E-state index in [1.807, 2.05) is 6.07 Å². The van der Waals surface area contributed by atoms with Gasteiger partial charge in [0, 0.05) is 24.7 Å². The molecule has 31 heavy (non-hydrogen) atoms. The van der Waals surface area contributed by atoms with Crippen molar-refractivity contribution in [2.45, 2.75) is 41.3 Å². The van der Waals surface area contributed by atoms with E-state index in [0.717, 1.165) is 23.9 Å². The van der Waals surface area contributed by atoms with Gasteiger partial charge in [0.15, 0.2) is 0 Å². The van der Waals surface area contributed by atoms with Crippen LogP contribution in [-0.4, -0.2) is 37.2 Å². The van der Waals surface area contributed by atoms with Crippen molar-refractivity contribution in [1.82, 2.24) is 4.98 Å². The highest BCUT2D eigenvalue weighted by Crippen LogP contribution is 2.34. The monoisotopic (exact) mass is 450 g/mol. The molecule has 0 amide bonds. The van der Waals surface area contributed by atoms with Gasteiger partial charge in [-0.05, 0) is 50.1 Å². The first-order valence-corrected chi connectivity index (χ1v) is 11.2. The van der Waals surface area contributed by atoms with E-state index in [1.54, 1.807) is 19.1 Å². The number of aliphatic hydroxyl groups is 1. The van der Waals surface area contributed by atoms with Crippen molar-refractivity contribution in [2.75, 3.05) is 18.0 Å². The number of hydrogen-bond donors (Lipinski definition) is 1. The van der Waals surface area contributed by atoms with E-state index in [2.05, 4.69) is 9.88 Å². The van der Waals surface area contributed by atoms with Crippen molar-refractivity contribution in [3.8, 4) is 0 Å². The van der Waals surface area contributed by atoms with Crippen LogP contribution in [0.3, 0.4) is 0 Å². The molecule has 2 heterocycles. The van der Waals surface area contributed by atoms with Crippen LogP contribution in [-0.2, 0) is 16.0 Å². The zero-order valence-corrected chi connectivity index (χ0v) is 17.5. The lowest BCUT2D eigenvalue weighted by Crippen LogP contribution is -2.42. The predicted octanol–water partition coefficient (Wildman–Crippen LogP) is 4.44. The maximum atomic E-state index is 13.0. The van der Waals surface area contributed by atoms with Crippen LogP contribution in [0.25, 0.3) is 10.9 Å². The quantitative estimate of drug-likeness (QED) is 0.639. The number of sulfone groups is 1. The van der Waals surface area contributed by atoms with E-state index in [4.69, 9.17) is 0 Å². The average Bonchev–Trinajstić information content (AvgIpc) is 2.72. The van der Waals surface area contributed by atoms with Crippen LogP contribution in [0.2, 0.25) is 0 Å². The summed E-state index contributed by atoms with van der Waals surface area (Å²) in [4.78, 5) is 5.84. The van der Waals surface area contributed by atoms with Crippen LogP contribution < -0.4 is 4.90 Å². The molecule has 4 rings (SSSR count). The molecule has 1 N–H and O–H groups in total. The molecule has 1 aliphatic rings. The van der Waals surface area contributed by atoms with Gasteiger partial charge in [0.05, 0.1) is 32.2 Å². The molecule has 0 atom stereocenters. The Hall–Kier alpha value is -2.65. The Morgan fingerprint density at radius 2 is 1.71 bits per heavy atom. The first-order valence-electron chi connectivity index (χ1n) is 9.76. The summed E-state index contributed by atoms with van der Waals surface area (Å²) in [7, 11) is -4.18. The van der Waals surface area contributed by atoms with Gasteiger partial charge >= 0.3 is 6.18 Å². The van der Waals surface area contributed by atoms with Gasteiger partial charge in [-0.15, -0.1) is 0 Å². The molecule has 0 unspecified atom stereocenters. The van der Waals surface area contributed by atoms with Crippen molar-refractivity contribution in [3.05, 3.63) is 60.3 Å². The summed E-state index contributed by atoms with van der Waals surface area (Å²) in [5, 5.41) is 10.7. The fourth-order valence-electron chi connectivity index (χ4n) is 3.73. The number of para-hydroxylation sites is 1. The fraction of sp³-hybridized carbons (Fsp3) is 0.318. The Balaban J connectivity index is 1.72. The number of aromatic nitrogens is 1. The summed E-state index contributed by atoms with van der Waals surface area (Å²) in [6, 6.07) is 10.5. The molecule has 1 aromatic heterocycles. The minimum atomic E-state index is -4.64. The van der Waals surface area contributed by atoms with Crippen molar-refractivity contribution >= 4 is 26.4 Å². The van der Waals surface area contributed by atoms with Gasteiger partial charge in [0.1, 0.15) is 0 Å². The normalized spacial score (nSPS) is 17.1. The molecule has 0 radical (unpaired) electrons. The molecule has 0 saturated carbocycles. The van der Waals surface area contributed by atoms with E-state index in [0.29, 0.717) is 42.9 Å². The van der Waals surface area contributed by atoms with Gasteiger partial charge < -0.3 is 10.0 Å². The van der Waals surface area contributed by atoms with Gasteiger partial charge in [-0.1, -0.05) is 18.2 Å². The van der Waals surface area contributed by atoms with Crippen molar-refractivity contribution < 1.29 is 26.7 Å². The average molecular weight is 450 g/mol. The molecular weight excluding hydrogens is 429 g/mol. The Morgan fingerprint density at radius 1 is 1.03 bits per heavy atom. The second-order valence-electron chi connectivity index (χ2n) is 8.03. The molecule has 1 fully saturated rings. The van der Waals surface area contributed by atoms with Crippen LogP contribution >= 0.6 is 0 Å². The van der Waals surface area contributed by atoms with Crippen LogP contribution in [0.15, 0.2) is 64.5 Å². The highest BCUT2D eigenvalue weighted by Gasteiger charge is 2.32. The molecule has 0 bridgehead atoms. The zero-order valence-electron chi connectivity index (χ0n) is 16.7. The standard InChI is InChI=1S/C22H21F3N2O3S/c1-21(28)8-10-27(11-9-21)19-7-2-4-15-12-18(14-26-20(15)19)31(29,30)17-6-3-5-16(13-17)22(23,24)25/h2-7,12-14,28H,8-11H2,1H3. The maximum absolute atomic E-state index is 13.0. The van der Waals surface area contributed by atoms with Gasteiger partial charge in [-0.3, -0.25) is 4.98 Å². The molecule has 0 spiro atoms. The Labute approximate surface area is 178 Å². The molecule has 9 heteroatoms. The highest BCUT2D eigenvalue weighted by atomic mass is 32.2. The fourth-order valence-corrected chi connectivity index (χ4v) is 5.02. The van der Waals surface area contributed by atoms with E-state index in [-0.39, 0.29) is 4.90 Å². The summed E-state index contributed by atoms with van der Waals surface area (Å²) in [6.07, 6.45) is -2.25. The second-order valence-corrected chi connectivity index (χ2v) is 9.98. The largest absolute Gasteiger partial charge is 0.416 e. The van der Waals surface area contributed by atoms with E-state index in [1.165, 1.54) is 12.3 Å². The molecule has 164 valence electrons. The van der Waals surface area contributed by atoms with Crippen LogP contribution in [0.5, 0.6) is 0 Å². The lowest BCUT2D eigenvalue weighted by molar-refractivity contribution is -0.137. The number of nitrogens with zero attached hydrogens (tertiary/aromatic N) is 2. The van der Waals surface area contributed by atoms with Crippen molar-refractivity contribution in [3.63, 3.8) is 0 Å². The van der Waals surface area contributed by atoms with E-state index < -0.39 is 32.1 Å². The number of fused-ring (bicyclic) bond motifs is 1. The third-order valence-electron chi connectivity index (χ3n) is 5.63. The number of rotatable bonds is 3. The molecule has 3 aromatic rings. The smallest absolute Gasteiger partial charge is 0.390 e. The predicted molar refractivity (Wildman–Crippen MR) is 111 cm³/mol. The first-order chi connectivity index (χ1) is 14.5. The van der Waals surface area contributed by atoms with Crippen LogP contribution in [0.4, 0.5) is 18.9 Å². The molecule has 1 aliphatic heterocycles. The lowest BCUT2D eigenvalue weighted by atomic mass is 9.93. The molecular formula is C22H21F3N2O3S. The van der Waals surface area contributed by atoms with Gasteiger partial charge in [-0.25, -0.2) is 8.42 Å². The first kappa shape index (κ1) is 21.6. The Kier molecular flexibility index (Phi) is 5.21. The summed E-state index contributed by atoms with van der Waals surface area (Å²) < 4.78 is 65.0. The SMILES string of the molecule is CC1(O)CCN(c2cccc3cc(S(=O)(=O)c4cccc(C(F)(F)F)c4)cnc23)CC1. The zero-order chi connectivity index (χ0) is 22.4. The Morgan fingerprint density at radius 3 is 2.39 bits per heavy atom. The van der Waals surface area contributed by atoms with Gasteiger partial charge in [0.25, 0.3) is 0 Å². The summed E-state index contributed by atoms with van der Waals surface area (Å²) >= 11 is 0. The molecule has 1 saturated heterocycles. The maximum Gasteiger partial charge on any atom is 0.416 e. The molecule has 0 aliphatic carbocycles. The minimum Gasteiger partial charge on any atom is -0.390 e. The summed E-state index contributed by atoms with van der Waals surface area (Å²) in [6.45, 7) is 3.08. The third kappa shape index (κ3) is 4.24. The number of benzene rings is 2. The number of pyridine rings is 1. The third-order valence-corrected chi connectivity index (χ3v) is 7.35. The summed E-state index contributed by atoms with van der Waals surface area (Å²) in [5.74, 6) is 0. The minimum absolute atomic E-state index is 0.168. The topological polar surface area (TPSA) is 70.5 Å². The summed E-state index contributed by atoms with van der Waals surface area (Å²) in [5.41, 5.74) is -0.297. The van der Waals surface area contributed by atoms with E-state index in [9.17, 15) is 26.7 Å². The molecule has 2 aromatic carbocycles. The van der Waals surface area contributed by atoms with Crippen molar-refractivity contribution in [2.24, 2.45) is 0 Å². The van der Waals surface area contributed by atoms with E-state index >= 15 is 0 Å². The number of alkyl halides is 3.